The van der Waals surface area contributed by atoms with Crippen LogP contribution in [0.25, 0.3) is 0 Å². The Bertz CT molecular complexity index is 246. The summed E-state index contributed by atoms with van der Waals surface area (Å²) in [6.45, 7) is 6.12. The summed E-state index contributed by atoms with van der Waals surface area (Å²) in [5.74, 6) is 0.304. The van der Waals surface area contributed by atoms with Crippen LogP contribution in [0.15, 0.2) is 0 Å². The summed E-state index contributed by atoms with van der Waals surface area (Å²) in [5, 5.41) is 0. The Labute approximate surface area is 85.9 Å². The molecule has 0 aromatic rings. The first-order valence-corrected chi connectivity index (χ1v) is 5.77. The Balaban J connectivity index is 2.07. The Morgan fingerprint density at radius 3 is 2.38 bits per heavy atom. The van der Waals surface area contributed by atoms with Crippen molar-refractivity contribution in [3.63, 3.8) is 0 Å². The second-order valence-electron chi connectivity index (χ2n) is 6.19. The summed E-state index contributed by atoms with van der Waals surface area (Å²) in [6.07, 6.45) is 6.67. The van der Waals surface area contributed by atoms with Gasteiger partial charge in [0.25, 0.3) is 0 Å². The van der Waals surface area contributed by atoms with Crippen molar-refractivity contribution in [3.8, 4) is 0 Å². The molecule has 2 fully saturated rings. The smallest absolute Gasteiger partial charge is 0.0275 e. The van der Waals surface area contributed by atoms with Crippen LogP contribution in [0.5, 0.6) is 0 Å². The van der Waals surface area contributed by atoms with Crippen molar-refractivity contribution in [2.45, 2.75) is 65.7 Å². The third-order valence-electron chi connectivity index (χ3n) is 3.75. The van der Waals surface area contributed by atoms with Crippen molar-refractivity contribution >= 4 is 0 Å². The first-order chi connectivity index (χ1) is 6.77. The molecule has 1 atom stereocenters. The summed E-state index contributed by atoms with van der Waals surface area (Å²) >= 11 is 0. The average molecular weight is 182 g/mol. The lowest BCUT2D eigenvalue weighted by Gasteiger charge is -2.39. The second-order valence-corrected chi connectivity index (χ2v) is 6.19. The van der Waals surface area contributed by atoms with Crippen LogP contribution in [0, 0.1) is 16.7 Å². The zero-order chi connectivity index (χ0) is 11.3. The second kappa shape index (κ2) is 3.00. The van der Waals surface area contributed by atoms with Crippen molar-refractivity contribution in [3.05, 3.63) is 0 Å². The maximum absolute atomic E-state index is 8.32. The molecule has 0 radical (unpaired) electrons. The molecule has 0 aliphatic heterocycles. The third-order valence-corrected chi connectivity index (χ3v) is 3.75. The molecular formula is C13H24. The molecule has 2 rings (SSSR count). The first-order valence-electron chi connectivity index (χ1n) is 6.77. The van der Waals surface area contributed by atoms with Gasteiger partial charge < -0.3 is 0 Å². The minimum Gasteiger partial charge on any atom is -0.0602 e. The number of hydrogen-bond donors (Lipinski definition) is 0. The quantitative estimate of drug-likeness (QED) is 0.564. The monoisotopic (exact) mass is 182 g/mol. The van der Waals surface area contributed by atoms with Crippen LogP contribution in [-0.2, 0) is 0 Å². The van der Waals surface area contributed by atoms with E-state index in [9.17, 15) is 0 Å². The molecule has 2 aliphatic rings. The van der Waals surface area contributed by atoms with E-state index < -0.39 is 6.37 Å². The molecule has 0 N–H and O–H groups in total. The molecule has 2 saturated carbocycles. The van der Waals surface area contributed by atoms with E-state index in [0.29, 0.717) is 11.3 Å². The summed E-state index contributed by atoms with van der Waals surface area (Å²) in [4.78, 5) is 0. The maximum Gasteiger partial charge on any atom is 0.0275 e. The predicted molar refractivity (Wildman–Crippen MR) is 57.7 cm³/mol. The van der Waals surface area contributed by atoms with E-state index in [1.165, 1.54) is 25.7 Å². The van der Waals surface area contributed by atoms with Crippen LogP contribution in [-0.4, -0.2) is 0 Å². The highest BCUT2D eigenvalue weighted by atomic mass is 14.5. The average Bonchev–Trinajstić information content (AvgIpc) is 2.44. The van der Waals surface area contributed by atoms with Crippen LogP contribution in [0.4, 0.5) is 0 Å². The summed E-state index contributed by atoms with van der Waals surface area (Å²) in [6, 6.07) is 0. The van der Waals surface area contributed by atoms with Crippen molar-refractivity contribution in [1.82, 2.24) is 0 Å². The Kier molecular flexibility index (Phi) is 1.69. The number of rotatable bonds is 1. The molecule has 1 unspecified atom stereocenters. The van der Waals surface area contributed by atoms with Gasteiger partial charge in [0.05, 0.1) is 0 Å². The van der Waals surface area contributed by atoms with Gasteiger partial charge in [0.15, 0.2) is 0 Å². The van der Waals surface area contributed by atoms with Crippen LogP contribution >= 0.6 is 0 Å². The fourth-order valence-electron chi connectivity index (χ4n) is 3.07. The Hall–Kier alpha value is 0. The molecule has 0 aromatic carbocycles. The molecule has 0 heteroatoms. The first kappa shape index (κ1) is 7.31. The van der Waals surface area contributed by atoms with Gasteiger partial charge in [-0.05, 0) is 55.2 Å². The highest BCUT2D eigenvalue weighted by Crippen LogP contribution is 2.56. The van der Waals surface area contributed by atoms with E-state index in [1.54, 1.807) is 0 Å². The van der Waals surface area contributed by atoms with E-state index in [2.05, 4.69) is 0 Å². The highest BCUT2D eigenvalue weighted by Gasteiger charge is 2.43. The van der Waals surface area contributed by atoms with Gasteiger partial charge in [-0.15, -0.1) is 0 Å². The fraction of sp³-hybridized carbons (Fsp3) is 1.00. The molecule has 76 valence electrons. The molecule has 0 nitrogen and oxygen atoms in total. The standard InChI is InChI=1S/C13H24/c1-12(2,3)9-11-5-8-13(10-11)6-4-7-13/h11H,4-10H2,1-3H3/i9D2. The minimum absolute atomic E-state index is 0.215. The highest BCUT2D eigenvalue weighted by molar-refractivity contribution is 4.95. The third kappa shape index (κ3) is 2.08. The number of hydrogen-bond acceptors (Lipinski definition) is 0. The van der Waals surface area contributed by atoms with E-state index in [-0.39, 0.29) is 5.41 Å². The van der Waals surface area contributed by atoms with Gasteiger partial charge in [0, 0.05) is 2.74 Å². The van der Waals surface area contributed by atoms with Crippen molar-refractivity contribution in [2.75, 3.05) is 0 Å². The van der Waals surface area contributed by atoms with Crippen LogP contribution < -0.4 is 0 Å². The van der Waals surface area contributed by atoms with Gasteiger partial charge >= 0.3 is 0 Å². The Morgan fingerprint density at radius 1 is 1.31 bits per heavy atom. The zero-order valence-corrected chi connectivity index (χ0v) is 9.32. The van der Waals surface area contributed by atoms with Gasteiger partial charge in [0.1, 0.15) is 0 Å². The molecule has 13 heavy (non-hydrogen) atoms. The van der Waals surface area contributed by atoms with Crippen LogP contribution in [0.3, 0.4) is 0 Å². The lowest BCUT2D eigenvalue weighted by molar-refractivity contribution is 0.131. The van der Waals surface area contributed by atoms with Gasteiger partial charge in [-0.2, -0.15) is 0 Å². The van der Waals surface area contributed by atoms with Gasteiger partial charge in [-0.1, -0.05) is 27.2 Å². The molecule has 1 spiro atoms. The largest absolute Gasteiger partial charge is 0.0602 e. The Morgan fingerprint density at radius 2 is 2.00 bits per heavy atom. The normalized spacial score (nSPS) is 35.5. The molecule has 0 heterocycles. The minimum atomic E-state index is -0.994. The van der Waals surface area contributed by atoms with Crippen molar-refractivity contribution in [2.24, 2.45) is 16.7 Å². The summed E-state index contributed by atoms with van der Waals surface area (Å²) in [7, 11) is 0. The van der Waals surface area contributed by atoms with Crippen molar-refractivity contribution in [1.29, 1.82) is 0 Å². The predicted octanol–water partition coefficient (Wildman–Crippen LogP) is 4.39. The fourth-order valence-corrected chi connectivity index (χ4v) is 3.07. The van der Waals surface area contributed by atoms with Crippen LogP contribution in [0.2, 0.25) is 0 Å². The lowest BCUT2D eigenvalue weighted by atomic mass is 9.67. The van der Waals surface area contributed by atoms with Gasteiger partial charge in [0.2, 0.25) is 0 Å². The zero-order valence-electron chi connectivity index (χ0n) is 11.3. The topological polar surface area (TPSA) is 0 Å². The van der Waals surface area contributed by atoms with Gasteiger partial charge in [-0.25, -0.2) is 0 Å². The van der Waals surface area contributed by atoms with E-state index >= 15 is 0 Å². The molecule has 2 aliphatic carbocycles. The molecule has 0 aromatic heterocycles. The molecule has 0 amide bonds. The van der Waals surface area contributed by atoms with E-state index in [1.807, 2.05) is 20.8 Å². The van der Waals surface area contributed by atoms with Gasteiger partial charge in [-0.3, -0.25) is 0 Å². The van der Waals surface area contributed by atoms with Crippen molar-refractivity contribution < 1.29 is 2.74 Å². The van der Waals surface area contributed by atoms with Crippen LogP contribution in [0.1, 0.15) is 68.4 Å². The molecular weight excluding hydrogens is 156 g/mol. The summed E-state index contributed by atoms with van der Waals surface area (Å²) < 4.78 is 16.6. The summed E-state index contributed by atoms with van der Waals surface area (Å²) in [5.41, 5.74) is 0.357. The lowest BCUT2D eigenvalue weighted by Crippen LogP contribution is -2.26. The SMILES string of the molecule is [2H]C([2H])(C1CCC2(CCC2)C1)C(C)(C)C. The van der Waals surface area contributed by atoms with E-state index in [0.717, 1.165) is 12.8 Å². The maximum atomic E-state index is 8.32. The van der Waals surface area contributed by atoms with E-state index in [4.69, 9.17) is 2.74 Å². The molecule has 0 bridgehead atoms. The molecule has 0 saturated heterocycles.